The van der Waals surface area contributed by atoms with E-state index in [1.807, 2.05) is 13.8 Å². The first kappa shape index (κ1) is 20.8. The molecule has 0 unspecified atom stereocenters. The fraction of sp³-hybridized carbons (Fsp3) is 0.278. The van der Waals surface area contributed by atoms with Gasteiger partial charge in [-0.1, -0.05) is 37.0 Å². The third kappa shape index (κ3) is 3.96. The van der Waals surface area contributed by atoms with Gasteiger partial charge in [0.25, 0.3) is 11.1 Å². The quantitative estimate of drug-likeness (QED) is 0.646. The van der Waals surface area contributed by atoms with Crippen molar-refractivity contribution in [1.82, 2.24) is 24.7 Å². The molecule has 0 saturated heterocycles. The standard InChI is InChI=1S/C18H17Cl2N5O4/c1-7(2)13-17(27)25(4)6-11(21-13)29-15-10(19)5-9(8(3)12(15)20)14-16(26)22-18(28)24-23-14/h5-7H,1-4H3,(H2,22,24,26,28). The van der Waals surface area contributed by atoms with Crippen molar-refractivity contribution in [3.05, 3.63) is 64.8 Å². The summed E-state index contributed by atoms with van der Waals surface area (Å²) in [6.07, 6.45) is 1.43. The first-order chi connectivity index (χ1) is 13.6. The number of hydrogen-bond donors (Lipinski definition) is 2. The number of ether oxygens (including phenoxy) is 1. The van der Waals surface area contributed by atoms with Crippen LogP contribution < -0.4 is 21.5 Å². The van der Waals surface area contributed by atoms with Crippen LogP contribution in [0.15, 0.2) is 26.6 Å². The van der Waals surface area contributed by atoms with Gasteiger partial charge >= 0.3 is 5.69 Å². The fourth-order valence-corrected chi connectivity index (χ4v) is 3.23. The van der Waals surface area contributed by atoms with E-state index in [0.29, 0.717) is 16.8 Å². The van der Waals surface area contributed by atoms with Crippen molar-refractivity contribution in [2.45, 2.75) is 26.7 Å². The van der Waals surface area contributed by atoms with Crippen LogP contribution in [0, 0.1) is 6.92 Å². The average molecular weight is 438 g/mol. The van der Waals surface area contributed by atoms with E-state index in [2.05, 4.69) is 20.2 Å². The third-order valence-electron chi connectivity index (χ3n) is 4.21. The summed E-state index contributed by atoms with van der Waals surface area (Å²) < 4.78 is 7.15. The smallest absolute Gasteiger partial charge is 0.342 e. The van der Waals surface area contributed by atoms with Crippen LogP contribution in [-0.4, -0.2) is 24.7 Å². The highest BCUT2D eigenvalue weighted by Crippen LogP contribution is 2.41. The second-order valence-corrected chi connectivity index (χ2v) is 7.45. The number of aromatic nitrogens is 5. The summed E-state index contributed by atoms with van der Waals surface area (Å²) in [5.74, 6) is 0.161. The van der Waals surface area contributed by atoms with Crippen LogP contribution in [0.3, 0.4) is 0 Å². The minimum absolute atomic E-state index is 0.0419. The van der Waals surface area contributed by atoms with E-state index in [-0.39, 0.29) is 38.8 Å². The maximum Gasteiger partial charge on any atom is 0.342 e. The predicted molar refractivity (Wildman–Crippen MR) is 109 cm³/mol. The molecule has 3 aromatic rings. The summed E-state index contributed by atoms with van der Waals surface area (Å²) in [5.41, 5.74) is -0.533. The Morgan fingerprint density at radius 2 is 1.90 bits per heavy atom. The fourth-order valence-electron chi connectivity index (χ4n) is 2.69. The van der Waals surface area contributed by atoms with Gasteiger partial charge in [-0.15, -0.1) is 0 Å². The van der Waals surface area contributed by atoms with Gasteiger partial charge in [0.2, 0.25) is 5.88 Å². The van der Waals surface area contributed by atoms with Gasteiger partial charge in [0, 0.05) is 18.5 Å². The Balaban J connectivity index is 2.11. The lowest BCUT2D eigenvalue weighted by atomic mass is 10.1. The number of aromatic amines is 2. The predicted octanol–water partition coefficient (Wildman–Crippen LogP) is 2.75. The summed E-state index contributed by atoms with van der Waals surface area (Å²) >= 11 is 12.8. The van der Waals surface area contributed by atoms with Gasteiger partial charge in [0.15, 0.2) is 11.4 Å². The molecule has 2 aromatic heterocycles. The lowest BCUT2D eigenvalue weighted by Gasteiger charge is -2.15. The van der Waals surface area contributed by atoms with Crippen molar-refractivity contribution in [2.24, 2.45) is 7.05 Å². The molecule has 29 heavy (non-hydrogen) atoms. The van der Waals surface area contributed by atoms with Crippen LogP contribution >= 0.6 is 23.2 Å². The first-order valence-electron chi connectivity index (χ1n) is 8.53. The second kappa shape index (κ2) is 7.84. The highest BCUT2D eigenvalue weighted by molar-refractivity contribution is 6.38. The molecular weight excluding hydrogens is 421 g/mol. The van der Waals surface area contributed by atoms with Crippen molar-refractivity contribution in [1.29, 1.82) is 0 Å². The van der Waals surface area contributed by atoms with Crippen LogP contribution in [0.2, 0.25) is 10.0 Å². The molecule has 11 heteroatoms. The topological polar surface area (TPSA) is 123 Å². The minimum atomic E-state index is -0.727. The number of nitrogens with one attached hydrogen (secondary N) is 2. The number of halogens is 2. The average Bonchev–Trinajstić information content (AvgIpc) is 2.64. The van der Waals surface area contributed by atoms with E-state index < -0.39 is 11.2 Å². The van der Waals surface area contributed by atoms with Crippen molar-refractivity contribution in [3.63, 3.8) is 0 Å². The Labute approximate surface area is 174 Å². The molecule has 2 N–H and O–H groups in total. The van der Waals surface area contributed by atoms with Crippen LogP contribution in [0.5, 0.6) is 11.6 Å². The van der Waals surface area contributed by atoms with Gasteiger partial charge < -0.3 is 9.30 Å². The molecule has 3 rings (SSSR count). The molecule has 0 aliphatic carbocycles. The van der Waals surface area contributed by atoms with Crippen molar-refractivity contribution < 1.29 is 4.74 Å². The number of rotatable bonds is 4. The molecule has 9 nitrogen and oxygen atoms in total. The highest BCUT2D eigenvalue weighted by atomic mass is 35.5. The van der Waals surface area contributed by atoms with E-state index >= 15 is 0 Å². The largest absolute Gasteiger partial charge is 0.434 e. The SMILES string of the molecule is Cc1c(-c2n[nH]c(=O)[nH]c2=O)cc(Cl)c(Oc2cn(C)c(=O)c(C(C)C)n2)c1Cl. The molecule has 0 spiro atoms. The van der Waals surface area contributed by atoms with Crippen molar-refractivity contribution >= 4 is 23.2 Å². The number of hydrogen-bond acceptors (Lipinski definition) is 6. The highest BCUT2D eigenvalue weighted by Gasteiger charge is 2.20. The Kier molecular flexibility index (Phi) is 5.63. The molecule has 0 atom stereocenters. The molecule has 0 bridgehead atoms. The van der Waals surface area contributed by atoms with E-state index in [9.17, 15) is 14.4 Å². The van der Waals surface area contributed by atoms with Crippen LogP contribution in [0.25, 0.3) is 11.3 Å². The van der Waals surface area contributed by atoms with E-state index in [1.54, 1.807) is 14.0 Å². The Morgan fingerprint density at radius 3 is 2.52 bits per heavy atom. The van der Waals surface area contributed by atoms with Crippen LogP contribution in [-0.2, 0) is 7.05 Å². The molecule has 0 aliphatic rings. The molecule has 0 saturated carbocycles. The Hall–Kier alpha value is -2.91. The molecule has 0 fully saturated rings. The van der Waals surface area contributed by atoms with Gasteiger partial charge in [0.1, 0.15) is 5.69 Å². The summed E-state index contributed by atoms with van der Waals surface area (Å²) in [6, 6.07) is 1.46. The molecular formula is C18H17Cl2N5O4. The molecule has 2 heterocycles. The third-order valence-corrected chi connectivity index (χ3v) is 4.95. The van der Waals surface area contributed by atoms with E-state index in [0.717, 1.165) is 0 Å². The summed E-state index contributed by atoms with van der Waals surface area (Å²) in [5, 5.41) is 6.18. The van der Waals surface area contributed by atoms with Gasteiger partial charge in [0.05, 0.1) is 16.2 Å². The summed E-state index contributed by atoms with van der Waals surface area (Å²) in [6.45, 7) is 5.35. The zero-order valence-corrected chi connectivity index (χ0v) is 17.5. The van der Waals surface area contributed by atoms with Gasteiger partial charge in [-0.25, -0.2) is 14.9 Å². The molecule has 152 valence electrons. The molecule has 1 aromatic carbocycles. The minimum Gasteiger partial charge on any atom is -0.434 e. The van der Waals surface area contributed by atoms with Crippen LogP contribution in [0.4, 0.5) is 0 Å². The van der Waals surface area contributed by atoms with Gasteiger partial charge in [-0.3, -0.25) is 14.6 Å². The Bertz CT molecular complexity index is 1280. The lowest BCUT2D eigenvalue weighted by molar-refractivity contribution is 0.450. The number of aryl methyl sites for hydroxylation is 1. The monoisotopic (exact) mass is 437 g/mol. The van der Waals surface area contributed by atoms with E-state index in [4.69, 9.17) is 27.9 Å². The van der Waals surface area contributed by atoms with Crippen LogP contribution in [0.1, 0.15) is 31.0 Å². The zero-order chi connectivity index (χ0) is 21.5. The molecule has 0 amide bonds. The molecule has 0 aliphatic heterocycles. The first-order valence-corrected chi connectivity index (χ1v) is 9.29. The van der Waals surface area contributed by atoms with Gasteiger partial charge in [-0.05, 0) is 18.6 Å². The molecule has 0 radical (unpaired) electrons. The number of benzene rings is 1. The van der Waals surface area contributed by atoms with Crippen molar-refractivity contribution in [2.75, 3.05) is 0 Å². The van der Waals surface area contributed by atoms with E-state index in [1.165, 1.54) is 16.8 Å². The number of nitrogens with zero attached hydrogens (tertiary/aromatic N) is 3. The normalized spacial score (nSPS) is 11.1. The number of H-pyrrole nitrogens is 2. The summed E-state index contributed by atoms with van der Waals surface area (Å²) in [4.78, 5) is 41.8. The maximum atomic E-state index is 12.2. The van der Waals surface area contributed by atoms with Crippen molar-refractivity contribution in [3.8, 4) is 22.9 Å². The maximum absolute atomic E-state index is 12.2. The lowest BCUT2D eigenvalue weighted by Crippen LogP contribution is -2.25. The van der Waals surface area contributed by atoms with Gasteiger partial charge in [-0.2, -0.15) is 5.10 Å². The Morgan fingerprint density at radius 1 is 1.21 bits per heavy atom. The zero-order valence-electron chi connectivity index (χ0n) is 16.0. The second-order valence-electron chi connectivity index (χ2n) is 6.67. The summed E-state index contributed by atoms with van der Waals surface area (Å²) in [7, 11) is 1.59.